The van der Waals surface area contributed by atoms with Crippen molar-refractivity contribution in [2.45, 2.75) is 40.0 Å². The number of esters is 1. The van der Waals surface area contributed by atoms with Crippen LogP contribution >= 0.6 is 0 Å². The minimum Gasteiger partial charge on any atom is -0.466 e. The molecule has 0 saturated heterocycles. The van der Waals surface area contributed by atoms with Gasteiger partial charge in [0, 0.05) is 18.0 Å². The summed E-state index contributed by atoms with van der Waals surface area (Å²) >= 11 is 0. The van der Waals surface area contributed by atoms with E-state index >= 15 is 0 Å². The van der Waals surface area contributed by atoms with Crippen LogP contribution in [-0.2, 0) is 14.3 Å². The number of hydrogen-bond donors (Lipinski definition) is 1. The summed E-state index contributed by atoms with van der Waals surface area (Å²) in [6, 6.07) is 0. The lowest BCUT2D eigenvalue weighted by Crippen LogP contribution is -2.36. The van der Waals surface area contributed by atoms with Crippen LogP contribution in [0.3, 0.4) is 0 Å². The van der Waals surface area contributed by atoms with Crippen molar-refractivity contribution in [2.24, 2.45) is 11.8 Å². The first kappa shape index (κ1) is 13.7. The van der Waals surface area contributed by atoms with E-state index in [-0.39, 0.29) is 17.8 Å². The summed E-state index contributed by atoms with van der Waals surface area (Å²) < 4.78 is 4.82. The Bertz CT molecular complexity index is 345. The minimum absolute atomic E-state index is 0.000142. The second-order valence-corrected chi connectivity index (χ2v) is 4.82. The van der Waals surface area contributed by atoms with Gasteiger partial charge in [-0.3, -0.25) is 4.79 Å². The van der Waals surface area contributed by atoms with Gasteiger partial charge in [-0.25, -0.2) is 4.79 Å². The third-order valence-electron chi connectivity index (χ3n) is 2.97. The molecule has 0 aromatic rings. The van der Waals surface area contributed by atoms with E-state index in [1.165, 1.54) is 7.11 Å². The Kier molecular flexibility index (Phi) is 4.73. The third kappa shape index (κ3) is 3.32. The van der Waals surface area contributed by atoms with Gasteiger partial charge in [0.1, 0.15) is 0 Å². The lowest BCUT2D eigenvalue weighted by atomic mass is 9.83. The fourth-order valence-electron chi connectivity index (χ4n) is 2.31. The van der Waals surface area contributed by atoms with Gasteiger partial charge in [0.05, 0.1) is 12.7 Å². The van der Waals surface area contributed by atoms with Crippen LogP contribution in [0.5, 0.6) is 0 Å². The van der Waals surface area contributed by atoms with Gasteiger partial charge in [0.2, 0.25) is 5.91 Å². The maximum atomic E-state index is 11.8. The lowest BCUT2D eigenvalue weighted by Gasteiger charge is -2.28. The highest BCUT2D eigenvalue weighted by atomic mass is 16.5. The van der Waals surface area contributed by atoms with Gasteiger partial charge in [0.15, 0.2) is 0 Å². The fourth-order valence-corrected chi connectivity index (χ4v) is 2.31. The maximum Gasteiger partial charge on any atom is 0.335 e. The molecule has 1 amide bonds. The molecule has 4 nitrogen and oxygen atoms in total. The Morgan fingerprint density at radius 1 is 1.53 bits per heavy atom. The van der Waals surface area contributed by atoms with Crippen LogP contribution in [0.15, 0.2) is 11.3 Å². The highest BCUT2D eigenvalue weighted by Gasteiger charge is 2.32. The molecule has 0 aromatic heterocycles. The molecule has 0 bridgehead atoms. The number of methoxy groups -OCH3 is 1. The third-order valence-corrected chi connectivity index (χ3v) is 2.97. The molecule has 0 radical (unpaired) electrons. The zero-order valence-electron chi connectivity index (χ0n) is 11.0. The molecule has 0 aliphatic carbocycles. The van der Waals surface area contributed by atoms with Crippen molar-refractivity contribution in [1.82, 2.24) is 5.32 Å². The average Bonchev–Trinajstić information content (AvgIpc) is 2.26. The smallest absolute Gasteiger partial charge is 0.335 e. The molecule has 0 aromatic carbocycles. The number of allylic oxidation sites excluding steroid dienone is 1. The van der Waals surface area contributed by atoms with E-state index in [1.807, 2.05) is 6.92 Å². The van der Waals surface area contributed by atoms with Crippen molar-refractivity contribution in [3.05, 3.63) is 11.3 Å². The number of ether oxygens (including phenoxy) is 1. The van der Waals surface area contributed by atoms with Gasteiger partial charge in [-0.1, -0.05) is 20.8 Å². The topological polar surface area (TPSA) is 55.4 Å². The van der Waals surface area contributed by atoms with E-state index in [1.54, 1.807) is 0 Å². The first-order valence-corrected chi connectivity index (χ1v) is 6.10. The van der Waals surface area contributed by atoms with E-state index in [0.29, 0.717) is 24.3 Å². The van der Waals surface area contributed by atoms with Crippen molar-refractivity contribution < 1.29 is 14.3 Å². The normalized spacial score (nSPS) is 20.5. The highest BCUT2D eigenvalue weighted by Crippen LogP contribution is 2.30. The van der Waals surface area contributed by atoms with Crippen molar-refractivity contribution in [1.29, 1.82) is 0 Å². The molecule has 1 aliphatic heterocycles. The Balaban J connectivity index is 3.06. The SMILES string of the molecule is CCC1=C(C(=O)OC)C(CC(C)C)CC(=O)N1. The highest BCUT2D eigenvalue weighted by molar-refractivity contribution is 5.94. The molecule has 1 rings (SSSR count). The van der Waals surface area contributed by atoms with E-state index in [2.05, 4.69) is 19.2 Å². The van der Waals surface area contributed by atoms with Crippen LogP contribution in [-0.4, -0.2) is 19.0 Å². The lowest BCUT2D eigenvalue weighted by molar-refractivity contribution is -0.137. The molecule has 1 atom stereocenters. The Morgan fingerprint density at radius 3 is 2.65 bits per heavy atom. The number of rotatable bonds is 4. The minimum atomic E-state index is -0.312. The van der Waals surface area contributed by atoms with E-state index in [4.69, 9.17) is 4.74 Å². The molecular weight excluding hydrogens is 218 g/mol. The first-order valence-electron chi connectivity index (χ1n) is 6.10. The summed E-state index contributed by atoms with van der Waals surface area (Å²) in [6.45, 7) is 6.11. The Morgan fingerprint density at radius 2 is 2.18 bits per heavy atom. The van der Waals surface area contributed by atoms with Crippen LogP contribution in [0.1, 0.15) is 40.0 Å². The molecule has 1 aliphatic rings. The van der Waals surface area contributed by atoms with E-state index < -0.39 is 0 Å². The molecule has 4 heteroatoms. The van der Waals surface area contributed by atoms with Gasteiger partial charge in [-0.15, -0.1) is 0 Å². The number of carbonyl (C=O) groups excluding carboxylic acids is 2. The summed E-state index contributed by atoms with van der Waals surface area (Å²) in [4.78, 5) is 23.4. The number of carbonyl (C=O) groups is 2. The summed E-state index contributed by atoms with van der Waals surface area (Å²) in [6.07, 6.45) is 1.86. The molecule has 17 heavy (non-hydrogen) atoms. The monoisotopic (exact) mass is 239 g/mol. The molecule has 0 saturated carbocycles. The predicted octanol–water partition coefficient (Wildman–Crippen LogP) is 2.01. The van der Waals surface area contributed by atoms with Gasteiger partial charge in [-0.2, -0.15) is 0 Å². The van der Waals surface area contributed by atoms with Crippen molar-refractivity contribution in [3.8, 4) is 0 Å². The van der Waals surface area contributed by atoms with Crippen LogP contribution in [0, 0.1) is 11.8 Å². The maximum absolute atomic E-state index is 11.8. The second-order valence-electron chi connectivity index (χ2n) is 4.82. The number of amides is 1. The zero-order valence-corrected chi connectivity index (χ0v) is 11.0. The summed E-state index contributed by atoms with van der Waals surface area (Å²) in [5, 5.41) is 2.77. The quantitative estimate of drug-likeness (QED) is 0.763. The predicted molar refractivity (Wildman–Crippen MR) is 65.0 cm³/mol. The summed E-state index contributed by atoms with van der Waals surface area (Å²) in [7, 11) is 1.38. The van der Waals surface area contributed by atoms with Gasteiger partial charge in [0.25, 0.3) is 0 Å². The molecule has 1 heterocycles. The van der Waals surface area contributed by atoms with Crippen molar-refractivity contribution in [3.63, 3.8) is 0 Å². The first-order chi connectivity index (χ1) is 7.99. The van der Waals surface area contributed by atoms with Crippen LogP contribution in [0.25, 0.3) is 0 Å². The van der Waals surface area contributed by atoms with Gasteiger partial charge in [-0.05, 0) is 18.8 Å². The number of hydrogen-bond acceptors (Lipinski definition) is 3. The summed E-state index contributed by atoms with van der Waals surface area (Å²) in [5.74, 6) is 0.127. The van der Waals surface area contributed by atoms with E-state index in [9.17, 15) is 9.59 Å². The second kappa shape index (κ2) is 5.84. The Labute approximate surface area is 102 Å². The molecule has 96 valence electrons. The van der Waals surface area contributed by atoms with Gasteiger partial charge < -0.3 is 10.1 Å². The Hall–Kier alpha value is -1.32. The number of nitrogens with one attached hydrogen (secondary N) is 1. The molecule has 1 N–H and O–H groups in total. The molecule has 1 unspecified atom stereocenters. The van der Waals surface area contributed by atoms with E-state index in [0.717, 1.165) is 12.1 Å². The largest absolute Gasteiger partial charge is 0.466 e. The van der Waals surface area contributed by atoms with Gasteiger partial charge >= 0.3 is 5.97 Å². The molecule has 0 spiro atoms. The summed E-state index contributed by atoms with van der Waals surface area (Å²) in [5.41, 5.74) is 1.38. The molecule has 0 fully saturated rings. The van der Waals surface area contributed by atoms with Crippen LogP contribution in [0.2, 0.25) is 0 Å². The standard InChI is InChI=1S/C13H21NO3/c1-5-10-12(13(16)17-4)9(6-8(2)3)7-11(15)14-10/h8-9H,5-7H2,1-4H3,(H,14,15). The fraction of sp³-hybridized carbons (Fsp3) is 0.692. The van der Waals surface area contributed by atoms with Crippen molar-refractivity contribution in [2.75, 3.05) is 7.11 Å². The van der Waals surface area contributed by atoms with Crippen LogP contribution < -0.4 is 5.32 Å². The molecular formula is C13H21NO3. The zero-order chi connectivity index (χ0) is 13.0. The van der Waals surface area contributed by atoms with Crippen molar-refractivity contribution >= 4 is 11.9 Å². The average molecular weight is 239 g/mol. The van der Waals surface area contributed by atoms with Crippen LogP contribution in [0.4, 0.5) is 0 Å².